The van der Waals surface area contributed by atoms with Crippen LogP contribution < -0.4 is 5.32 Å². The van der Waals surface area contributed by atoms with Crippen molar-refractivity contribution in [3.05, 3.63) is 64.2 Å². The van der Waals surface area contributed by atoms with E-state index in [-0.39, 0.29) is 5.91 Å². The second-order valence-corrected chi connectivity index (χ2v) is 6.02. The van der Waals surface area contributed by atoms with Gasteiger partial charge in [-0.05, 0) is 24.3 Å². The molecule has 1 amide bonds. The lowest BCUT2D eigenvalue weighted by Gasteiger charge is -2.00. The molecule has 21 heavy (non-hydrogen) atoms. The summed E-state index contributed by atoms with van der Waals surface area (Å²) in [6, 6.07) is 11.3. The molecular weight excluding hydrogens is 350 g/mol. The Labute approximate surface area is 134 Å². The summed E-state index contributed by atoms with van der Waals surface area (Å²) in [6.07, 6.45) is 3.16. The fraction of sp³-hybridized carbons (Fsp3) is 0. The quantitative estimate of drug-likeness (QED) is 0.761. The smallest absolute Gasteiger partial charge is 0.259 e. The van der Waals surface area contributed by atoms with Gasteiger partial charge in [-0.3, -0.25) is 15.1 Å². The Morgan fingerprint density at radius 2 is 2.14 bits per heavy atom. The van der Waals surface area contributed by atoms with Crippen LogP contribution in [0.25, 0.3) is 11.3 Å². The van der Waals surface area contributed by atoms with Gasteiger partial charge in [0, 0.05) is 27.8 Å². The first-order valence-corrected chi connectivity index (χ1v) is 7.82. The standard InChI is InChI=1S/C15H10BrN3OS/c16-12-5-1-3-10(7-12)13-9-21-15(18-13)19-14(20)11-4-2-6-17-8-11/h1-9H,(H,18,19,20). The Bertz CT molecular complexity index is 773. The molecule has 1 N–H and O–H groups in total. The number of pyridine rings is 1. The third-order valence-electron chi connectivity index (χ3n) is 2.77. The Hall–Kier alpha value is -2.05. The number of halogens is 1. The highest BCUT2D eigenvalue weighted by molar-refractivity contribution is 9.10. The number of hydrogen-bond donors (Lipinski definition) is 1. The number of thiazole rings is 1. The number of nitrogens with zero attached hydrogens (tertiary/aromatic N) is 2. The van der Waals surface area contributed by atoms with Crippen LogP contribution in [0.5, 0.6) is 0 Å². The molecule has 2 aromatic heterocycles. The predicted octanol–water partition coefficient (Wildman–Crippen LogP) is 4.22. The molecule has 0 fully saturated rings. The van der Waals surface area contributed by atoms with Gasteiger partial charge in [-0.15, -0.1) is 11.3 Å². The van der Waals surface area contributed by atoms with Crippen molar-refractivity contribution in [1.29, 1.82) is 0 Å². The summed E-state index contributed by atoms with van der Waals surface area (Å²) in [5.74, 6) is -0.210. The molecular formula is C15H10BrN3OS. The van der Waals surface area contributed by atoms with Crippen molar-refractivity contribution >= 4 is 38.3 Å². The maximum atomic E-state index is 12.0. The molecule has 4 nitrogen and oxygen atoms in total. The first-order valence-electron chi connectivity index (χ1n) is 6.15. The van der Waals surface area contributed by atoms with Crippen molar-refractivity contribution in [2.45, 2.75) is 0 Å². The van der Waals surface area contributed by atoms with Crippen LogP contribution in [0.1, 0.15) is 10.4 Å². The van der Waals surface area contributed by atoms with Crippen LogP contribution in [-0.2, 0) is 0 Å². The second kappa shape index (κ2) is 6.15. The van der Waals surface area contributed by atoms with Gasteiger partial charge in [-0.2, -0.15) is 0 Å². The van der Waals surface area contributed by atoms with E-state index in [2.05, 4.69) is 31.2 Å². The van der Waals surface area contributed by atoms with Gasteiger partial charge in [0.2, 0.25) is 0 Å². The summed E-state index contributed by atoms with van der Waals surface area (Å²) in [5, 5.41) is 5.27. The van der Waals surface area contributed by atoms with E-state index >= 15 is 0 Å². The van der Waals surface area contributed by atoms with Crippen molar-refractivity contribution in [3.8, 4) is 11.3 Å². The molecule has 0 radical (unpaired) electrons. The number of hydrogen-bond acceptors (Lipinski definition) is 4. The van der Waals surface area contributed by atoms with Crippen molar-refractivity contribution in [2.24, 2.45) is 0 Å². The normalized spacial score (nSPS) is 10.3. The van der Waals surface area contributed by atoms with E-state index in [0.717, 1.165) is 15.7 Å². The fourth-order valence-corrected chi connectivity index (χ4v) is 2.89. The summed E-state index contributed by atoms with van der Waals surface area (Å²) >= 11 is 4.83. The molecule has 2 heterocycles. The molecule has 0 saturated heterocycles. The molecule has 0 unspecified atom stereocenters. The van der Waals surface area contributed by atoms with Crippen molar-refractivity contribution in [3.63, 3.8) is 0 Å². The zero-order valence-electron chi connectivity index (χ0n) is 10.8. The number of benzene rings is 1. The molecule has 0 aliphatic rings. The Balaban J connectivity index is 1.78. The second-order valence-electron chi connectivity index (χ2n) is 4.24. The van der Waals surface area contributed by atoms with Crippen LogP contribution in [0.2, 0.25) is 0 Å². The molecule has 0 spiro atoms. The molecule has 0 aliphatic carbocycles. The summed E-state index contributed by atoms with van der Waals surface area (Å²) in [7, 11) is 0. The number of rotatable bonds is 3. The van der Waals surface area contributed by atoms with Crippen LogP contribution in [0.3, 0.4) is 0 Å². The lowest BCUT2D eigenvalue weighted by atomic mass is 10.2. The minimum atomic E-state index is -0.210. The van der Waals surface area contributed by atoms with Crippen LogP contribution >= 0.6 is 27.3 Å². The molecule has 3 rings (SSSR count). The van der Waals surface area contributed by atoms with E-state index in [1.54, 1.807) is 18.3 Å². The highest BCUT2D eigenvalue weighted by atomic mass is 79.9. The Morgan fingerprint density at radius 1 is 1.24 bits per heavy atom. The third-order valence-corrected chi connectivity index (χ3v) is 4.02. The molecule has 0 atom stereocenters. The minimum Gasteiger partial charge on any atom is -0.298 e. The average Bonchev–Trinajstić information content (AvgIpc) is 2.97. The lowest BCUT2D eigenvalue weighted by molar-refractivity contribution is 0.102. The van der Waals surface area contributed by atoms with Gasteiger partial charge < -0.3 is 0 Å². The highest BCUT2D eigenvalue weighted by Gasteiger charge is 2.10. The fourth-order valence-electron chi connectivity index (χ4n) is 1.78. The van der Waals surface area contributed by atoms with Gasteiger partial charge >= 0.3 is 0 Å². The number of anilines is 1. The van der Waals surface area contributed by atoms with E-state index in [4.69, 9.17) is 0 Å². The minimum absolute atomic E-state index is 0.210. The van der Waals surface area contributed by atoms with Crippen LogP contribution in [-0.4, -0.2) is 15.9 Å². The largest absolute Gasteiger partial charge is 0.298 e. The molecule has 6 heteroatoms. The molecule has 1 aromatic carbocycles. The Kier molecular flexibility index (Phi) is 4.08. The Morgan fingerprint density at radius 3 is 2.90 bits per heavy atom. The zero-order chi connectivity index (χ0) is 14.7. The number of amides is 1. The molecule has 0 aliphatic heterocycles. The van der Waals surface area contributed by atoms with Gasteiger partial charge in [0.05, 0.1) is 11.3 Å². The van der Waals surface area contributed by atoms with E-state index in [1.807, 2.05) is 29.6 Å². The van der Waals surface area contributed by atoms with Crippen LogP contribution in [0.4, 0.5) is 5.13 Å². The molecule has 0 saturated carbocycles. The molecule has 0 bridgehead atoms. The van der Waals surface area contributed by atoms with E-state index in [0.29, 0.717) is 10.7 Å². The van der Waals surface area contributed by atoms with Crippen LogP contribution in [0, 0.1) is 0 Å². The topological polar surface area (TPSA) is 54.9 Å². The van der Waals surface area contributed by atoms with E-state index < -0.39 is 0 Å². The number of nitrogens with one attached hydrogen (secondary N) is 1. The summed E-state index contributed by atoms with van der Waals surface area (Å²) in [6.45, 7) is 0. The SMILES string of the molecule is O=C(Nc1nc(-c2cccc(Br)c2)cs1)c1cccnc1. The monoisotopic (exact) mass is 359 g/mol. The average molecular weight is 360 g/mol. The maximum Gasteiger partial charge on any atom is 0.259 e. The first-order chi connectivity index (χ1) is 10.2. The number of aromatic nitrogens is 2. The third kappa shape index (κ3) is 3.34. The zero-order valence-corrected chi connectivity index (χ0v) is 13.2. The predicted molar refractivity (Wildman–Crippen MR) is 87.4 cm³/mol. The lowest BCUT2D eigenvalue weighted by Crippen LogP contribution is -2.11. The van der Waals surface area contributed by atoms with Gasteiger partial charge in [0.25, 0.3) is 5.91 Å². The highest BCUT2D eigenvalue weighted by Crippen LogP contribution is 2.27. The van der Waals surface area contributed by atoms with Crippen molar-refractivity contribution in [2.75, 3.05) is 5.32 Å². The summed E-state index contributed by atoms with van der Waals surface area (Å²) < 4.78 is 0.994. The maximum absolute atomic E-state index is 12.0. The number of carbonyl (C=O) groups excluding carboxylic acids is 1. The number of carbonyl (C=O) groups is 1. The van der Waals surface area contributed by atoms with Crippen LogP contribution in [0.15, 0.2) is 58.6 Å². The summed E-state index contributed by atoms with van der Waals surface area (Å²) in [4.78, 5) is 20.4. The summed E-state index contributed by atoms with van der Waals surface area (Å²) in [5.41, 5.74) is 2.35. The first kappa shape index (κ1) is 13.9. The molecule has 3 aromatic rings. The van der Waals surface area contributed by atoms with E-state index in [1.165, 1.54) is 17.5 Å². The van der Waals surface area contributed by atoms with E-state index in [9.17, 15) is 4.79 Å². The van der Waals surface area contributed by atoms with Crippen molar-refractivity contribution < 1.29 is 4.79 Å². The van der Waals surface area contributed by atoms with Gasteiger partial charge in [-0.25, -0.2) is 4.98 Å². The van der Waals surface area contributed by atoms with Gasteiger partial charge in [0.15, 0.2) is 5.13 Å². The van der Waals surface area contributed by atoms with Gasteiger partial charge in [-0.1, -0.05) is 28.1 Å². The molecule has 104 valence electrons. The van der Waals surface area contributed by atoms with Gasteiger partial charge in [0.1, 0.15) is 0 Å². The van der Waals surface area contributed by atoms with Crippen molar-refractivity contribution in [1.82, 2.24) is 9.97 Å².